The van der Waals surface area contributed by atoms with E-state index in [-0.39, 0.29) is 11.7 Å². The van der Waals surface area contributed by atoms with E-state index < -0.39 is 6.10 Å². The molecule has 0 N–H and O–H groups in total. The van der Waals surface area contributed by atoms with Gasteiger partial charge in [0.05, 0.1) is 14.2 Å². The second-order valence-corrected chi connectivity index (χ2v) is 4.37. The lowest BCUT2D eigenvalue weighted by Gasteiger charge is -2.18. The van der Waals surface area contributed by atoms with Gasteiger partial charge in [0.25, 0.3) is 0 Å². The molecule has 0 aliphatic carbocycles. The molecule has 1 atom stereocenters. The first-order valence-electron chi connectivity index (χ1n) is 5.83. The molecule has 100 valence electrons. The van der Waals surface area contributed by atoms with Crippen LogP contribution in [-0.4, -0.2) is 33.2 Å². The van der Waals surface area contributed by atoms with E-state index in [1.54, 1.807) is 39.5 Å². The summed E-state index contributed by atoms with van der Waals surface area (Å²) in [6, 6.07) is 5.12. The quantitative estimate of drug-likeness (QED) is 0.730. The van der Waals surface area contributed by atoms with E-state index in [1.807, 2.05) is 13.8 Å². The van der Waals surface area contributed by atoms with Crippen LogP contribution in [0.4, 0.5) is 0 Å². The molecular formula is C14H20O4. The van der Waals surface area contributed by atoms with Crippen molar-refractivity contribution >= 4 is 5.78 Å². The molecule has 0 aliphatic rings. The highest BCUT2D eigenvalue weighted by atomic mass is 16.5. The van der Waals surface area contributed by atoms with E-state index in [4.69, 9.17) is 14.2 Å². The van der Waals surface area contributed by atoms with Crippen LogP contribution in [-0.2, 0) is 4.74 Å². The van der Waals surface area contributed by atoms with E-state index in [9.17, 15) is 4.79 Å². The highest BCUT2D eigenvalue weighted by Gasteiger charge is 2.23. The van der Waals surface area contributed by atoms with Gasteiger partial charge in [0.15, 0.2) is 5.78 Å². The maximum atomic E-state index is 12.3. The molecule has 0 fully saturated rings. The second-order valence-electron chi connectivity index (χ2n) is 4.37. The highest BCUT2D eigenvalue weighted by molar-refractivity contribution is 6.00. The average Bonchev–Trinajstić information content (AvgIpc) is 2.38. The molecule has 18 heavy (non-hydrogen) atoms. The Morgan fingerprint density at radius 2 is 1.50 bits per heavy atom. The molecule has 4 heteroatoms. The molecule has 0 bridgehead atoms. The van der Waals surface area contributed by atoms with Crippen molar-refractivity contribution in [1.82, 2.24) is 0 Å². The van der Waals surface area contributed by atoms with Crippen LogP contribution < -0.4 is 9.47 Å². The number of ether oxygens (including phenoxy) is 3. The summed E-state index contributed by atoms with van der Waals surface area (Å²) in [4.78, 5) is 12.3. The van der Waals surface area contributed by atoms with E-state index in [1.165, 1.54) is 0 Å². The van der Waals surface area contributed by atoms with Crippen molar-refractivity contribution in [3.8, 4) is 11.5 Å². The summed E-state index contributed by atoms with van der Waals surface area (Å²) in [6.45, 7) is 3.90. The molecule has 4 nitrogen and oxygen atoms in total. The summed E-state index contributed by atoms with van der Waals surface area (Å²) < 4.78 is 15.5. The average molecular weight is 252 g/mol. The van der Waals surface area contributed by atoms with Crippen LogP contribution >= 0.6 is 0 Å². The van der Waals surface area contributed by atoms with Crippen molar-refractivity contribution in [2.24, 2.45) is 5.92 Å². The normalized spacial score (nSPS) is 12.3. The van der Waals surface area contributed by atoms with Gasteiger partial charge in [0.2, 0.25) is 0 Å². The molecule has 0 aromatic heterocycles. The van der Waals surface area contributed by atoms with Crippen LogP contribution in [0.25, 0.3) is 0 Å². The predicted molar refractivity (Wildman–Crippen MR) is 69.5 cm³/mol. The fourth-order valence-electron chi connectivity index (χ4n) is 1.80. The second kappa shape index (κ2) is 6.40. The molecule has 0 aliphatic heterocycles. The Labute approximate surface area is 108 Å². The van der Waals surface area contributed by atoms with Gasteiger partial charge in [0, 0.05) is 18.7 Å². The first kappa shape index (κ1) is 14.5. The van der Waals surface area contributed by atoms with Gasteiger partial charge >= 0.3 is 0 Å². The first-order chi connectivity index (χ1) is 8.53. The molecule has 0 spiro atoms. The Balaban J connectivity index is 3.11. The third-order valence-corrected chi connectivity index (χ3v) is 2.75. The van der Waals surface area contributed by atoms with Crippen LogP contribution in [0.5, 0.6) is 11.5 Å². The minimum atomic E-state index is -0.457. The topological polar surface area (TPSA) is 44.8 Å². The lowest BCUT2D eigenvalue weighted by atomic mass is 9.97. The fourth-order valence-corrected chi connectivity index (χ4v) is 1.80. The summed E-state index contributed by atoms with van der Waals surface area (Å²) in [5.41, 5.74) is 0.534. The number of benzene rings is 1. The van der Waals surface area contributed by atoms with Crippen LogP contribution in [0.1, 0.15) is 24.2 Å². The van der Waals surface area contributed by atoms with Crippen molar-refractivity contribution in [3.63, 3.8) is 0 Å². The Hall–Kier alpha value is -1.55. The van der Waals surface area contributed by atoms with Gasteiger partial charge in [-0.1, -0.05) is 13.8 Å². The minimum Gasteiger partial charge on any atom is -0.497 e. The largest absolute Gasteiger partial charge is 0.497 e. The van der Waals surface area contributed by atoms with Gasteiger partial charge < -0.3 is 14.2 Å². The number of hydrogen-bond donors (Lipinski definition) is 0. The lowest BCUT2D eigenvalue weighted by molar-refractivity contribution is 0.0458. The predicted octanol–water partition coefficient (Wildman–Crippen LogP) is 2.56. The van der Waals surface area contributed by atoms with Crippen molar-refractivity contribution in [2.75, 3.05) is 21.3 Å². The molecule has 0 radical (unpaired) electrons. The number of ketones is 1. The van der Waals surface area contributed by atoms with Gasteiger partial charge in [-0.15, -0.1) is 0 Å². The van der Waals surface area contributed by atoms with E-state index in [2.05, 4.69) is 0 Å². The zero-order valence-electron chi connectivity index (χ0n) is 11.5. The summed E-state index contributed by atoms with van der Waals surface area (Å²) >= 11 is 0. The van der Waals surface area contributed by atoms with Crippen LogP contribution in [0, 0.1) is 5.92 Å². The Morgan fingerprint density at radius 1 is 1.00 bits per heavy atom. The van der Waals surface area contributed by atoms with Gasteiger partial charge in [-0.25, -0.2) is 0 Å². The van der Waals surface area contributed by atoms with E-state index >= 15 is 0 Å². The number of rotatable bonds is 6. The van der Waals surface area contributed by atoms with Gasteiger partial charge in [0.1, 0.15) is 17.6 Å². The molecule has 0 amide bonds. The number of methoxy groups -OCH3 is 3. The Bertz CT molecular complexity index is 390. The summed E-state index contributed by atoms with van der Waals surface area (Å²) in [5.74, 6) is 1.23. The van der Waals surface area contributed by atoms with E-state index in [0.717, 1.165) is 0 Å². The Morgan fingerprint density at radius 3 is 1.83 bits per heavy atom. The van der Waals surface area contributed by atoms with Gasteiger partial charge in [-0.05, 0) is 18.1 Å². The SMILES string of the molecule is COc1cc(OC)cc(C(=O)C(OC)C(C)C)c1. The minimum absolute atomic E-state index is 0.0651. The van der Waals surface area contributed by atoms with Crippen LogP contribution in [0.2, 0.25) is 0 Å². The monoisotopic (exact) mass is 252 g/mol. The molecule has 1 aromatic carbocycles. The molecule has 1 unspecified atom stereocenters. The number of carbonyl (C=O) groups excluding carboxylic acids is 1. The fraction of sp³-hybridized carbons (Fsp3) is 0.500. The zero-order valence-corrected chi connectivity index (χ0v) is 11.5. The standard InChI is InChI=1S/C14H20O4/c1-9(2)14(18-5)13(15)10-6-11(16-3)8-12(7-10)17-4/h6-9,14H,1-5H3. The molecule has 0 saturated heterocycles. The molecular weight excluding hydrogens is 232 g/mol. The van der Waals surface area contributed by atoms with Crippen LogP contribution in [0.15, 0.2) is 18.2 Å². The van der Waals surface area contributed by atoms with Gasteiger partial charge in [-0.2, -0.15) is 0 Å². The van der Waals surface area contributed by atoms with E-state index in [0.29, 0.717) is 17.1 Å². The maximum Gasteiger partial charge on any atom is 0.192 e. The summed E-state index contributed by atoms with van der Waals surface area (Å²) in [6.07, 6.45) is -0.457. The summed E-state index contributed by atoms with van der Waals surface area (Å²) in [5, 5.41) is 0. The van der Waals surface area contributed by atoms with Crippen molar-refractivity contribution in [1.29, 1.82) is 0 Å². The number of carbonyl (C=O) groups is 1. The third-order valence-electron chi connectivity index (χ3n) is 2.75. The smallest absolute Gasteiger partial charge is 0.192 e. The highest BCUT2D eigenvalue weighted by Crippen LogP contribution is 2.24. The molecule has 1 aromatic rings. The number of hydrogen-bond acceptors (Lipinski definition) is 4. The molecule has 1 rings (SSSR count). The first-order valence-corrected chi connectivity index (χ1v) is 5.83. The van der Waals surface area contributed by atoms with Crippen molar-refractivity contribution in [3.05, 3.63) is 23.8 Å². The van der Waals surface area contributed by atoms with Crippen molar-refractivity contribution in [2.45, 2.75) is 20.0 Å². The third kappa shape index (κ3) is 3.23. The zero-order chi connectivity index (χ0) is 13.7. The lowest BCUT2D eigenvalue weighted by Crippen LogP contribution is -2.28. The molecule has 0 heterocycles. The van der Waals surface area contributed by atoms with Crippen molar-refractivity contribution < 1.29 is 19.0 Å². The Kier molecular flexibility index (Phi) is 5.16. The van der Waals surface area contributed by atoms with Gasteiger partial charge in [-0.3, -0.25) is 4.79 Å². The maximum absolute atomic E-state index is 12.3. The van der Waals surface area contributed by atoms with Crippen LogP contribution in [0.3, 0.4) is 0 Å². The number of Topliss-reactive ketones (excluding diaryl/α,β-unsaturated/α-hetero) is 1. The summed E-state index contributed by atoms with van der Waals surface area (Å²) in [7, 11) is 4.65. The molecule has 0 saturated carbocycles.